The van der Waals surface area contributed by atoms with Gasteiger partial charge in [-0.05, 0) is 52.5 Å². The molecule has 0 aliphatic heterocycles. The van der Waals surface area contributed by atoms with Gasteiger partial charge in [0.2, 0.25) is 0 Å². The van der Waals surface area contributed by atoms with Gasteiger partial charge in [-0.3, -0.25) is 0 Å². The molecular weight excluding hydrogens is 302 g/mol. The van der Waals surface area contributed by atoms with E-state index in [-0.39, 0.29) is 5.41 Å². The van der Waals surface area contributed by atoms with Gasteiger partial charge in [0.05, 0.1) is 11.9 Å². The number of nitrogens with zero attached hydrogens (tertiary/aromatic N) is 2. The molecule has 0 bridgehead atoms. The highest BCUT2D eigenvalue weighted by Gasteiger charge is 2.33. The summed E-state index contributed by atoms with van der Waals surface area (Å²) in [7, 11) is 0. The average molecular weight is 320 g/mol. The topological polar surface area (TPSA) is 43.8 Å². The Morgan fingerprint density at radius 3 is 2.37 bits per heavy atom. The van der Waals surface area contributed by atoms with Gasteiger partial charge < -0.3 is 5.73 Å². The second-order valence-corrected chi connectivity index (χ2v) is 6.12. The highest BCUT2D eigenvalue weighted by atomic mass is 79.9. The Bertz CT molecular complexity index is 553. The molecule has 1 aromatic heterocycles. The van der Waals surface area contributed by atoms with E-state index in [0.717, 1.165) is 16.8 Å². The van der Waals surface area contributed by atoms with Crippen LogP contribution in [0.15, 0.2) is 41.1 Å². The Labute approximate surface area is 121 Å². The molecule has 4 heteroatoms. The van der Waals surface area contributed by atoms with Crippen molar-refractivity contribution in [2.45, 2.75) is 31.1 Å². The van der Waals surface area contributed by atoms with E-state index in [0.29, 0.717) is 0 Å². The van der Waals surface area contributed by atoms with Gasteiger partial charge in [0.25, 0.3) is 0 Å². The summed E-state index contributed by atoms with van der Waals surface area (Å²) in [6, 6.07) is 10.6. The predicted molar refractivity (Wildman–Crippen MR) is 80.5 cm³/mol. The van der Waals surface area contributed by atoms with E-state index in [1.54, 1.807) is 6.20 Å². The largest absolute Gasteiger partial charge is 0.330 e. The maximum absolute atomic E-state index is 6.03. The van der Waals surface area contributed by atoms with Gasteiger partial charge in [-0.2, -0.15) is 5.10 Å². The van der Waals surface area contributed by atoms with Crippen molar-refractivity contribution in [2.75, 3.05) is 6.54 Å². The van der Waals surface area contributed by atoms with E-state index in [1.165, 1.54) is 31.2 Å². The molecule has 1 aliphatic rings. The van der Waals surface area contributed by atoms with Gasteiger partial charge in [-0.15, -0.1) is 0 Å². The fraction of sp³-hybridized carbons (Fsp3) is 0.400. The minimum absolute atomic E-state index is 0.208. The van der Waals surface area contributed by atoms with Gasteiger partial charge in [0, 0.05) is 12.0 Å². The first-order valence-electron chi connectivity index (χ1n) is 6.76. The molecule has 3 rings (SSSR count). The Morgan fingerprint density at radius 1 is 1.16 bits per heavy atom. The van der Waals surface area contributed by atoms with Gasteiger partial charge in [-0.1, -0.05) is 25.0 Å². The molecule has 2 aromatic rings. The molecule has 3 nitrogen and oxygen atoms in total. The number of aromatic nitrogens is 2. The van der Waals surface area contributed by atoms with Crippen molar-refractivity contribution < 1.29 is 0 Å². The molecule has 0 saturated heterocycles. The normalized spacial score (nSPS) is 17.8. The summed E-state index contributed by atoms with van der Waals surface area (Å²) < 4.78 is 2.85. The van der Waals surface area contributed by atoms with E-state index < -0.39 is 0 Å². The molecule has 1 fully saturated rings. The monoisotopic (exact) mass is 319 g/mol. The van der Waals surface area contributed by atoms with Crippen LogP contribution in [0, 0.1) is 0 Å². The van der Waals surface area contributed by atoms with E-state index >= 15 is 0 Å². The molecule has 1 heterocycles. The van der Waals surface area contributed by atoms with Crippen molar-refractivity contribution in [3.05, 3.63) is 46.7 Å². The highest BCUT2D eigenvalue weighted by Crippen LogP contribution is 2.40. The van der Waals surface area contributed by atoms with Crippen LogP contribution in [0.2, 0.25) is 0 Å². The molecule has 100 valence electrons. The second kappa shape index (κ2) is 5.10. The number of nitrogens with two attached hydrogens (primary N) is 1. The lowest BCUT2D eigenvalue weighted by Gasteiger charge is -2.28. The van der Waals surface area contributed by atoms with Crippen molar-refractivity contribution in [2.24, 2.45) is 5.73 Å². The molecule has 1 saturated carbocycles. The molecule has 0 unspecified atom stereocenters. The van der Waals surface area contributed by atoms with E-state index in [9.17, 15) is 0 Å². The summed E-state index contributed by atoms with van der Waals surface area (Å²) in [6.07, 6.45) is 6.81. The summed E-state index contributed by atoms with van der Waals surface area (Å²) in [5.74, 6) is 0. The SMILES string of the molecule is NCC1(c2ccc(-n3nccc3Br)cc2)CCCC1. The lowest BCUT2D eigenvalue weighted by atomic mass is 9.79. The first-order chi connectivity index (χ1) is 9.25. The van der Waals surface area contributed by atoms with Crippen LogP contribution in [0.4, 0.5) is 0 Å². The third-order valence-corrected chi connectivity index (χ3v) is 4.87. The van der Waals surface area contributed by atoms with Crippen molar-refractivity contribution in [1.29, 1.82) is 0 Å². The summed E-state index contributed by atoms with van der Waals surface area (Å²) in [5.41, 5.74) is 8.69. The standard InChI is InChI=1S/C15H18BrN3/c16-14-7-10-18-19(14)13-5-3-12(4-6-13)15(11-17)8-1-2-9-15/h3-7,10H,1-2,8-9,11,17H2. The van der Waals surface area contributed by atoms with Crippen molar-refractivity contribution in [3.63, 3.8) is 0 Å². The highest BCUT2D eigenvalue weighted by molar-refractivity contribution is 9.10. The number of halogens is 1. The van der Waals surface area contributed by atoms with Crippen LogP contribution >= 0.6 is 15.9 Å². The minimum atomic E-state index is 0.208. The van der Waals surface area contributed by atoms with Crippen LogP contribution in [0.5, 0.6) is 0 Å². The van der Waals surface area contributed by atoms with Crippen LogP contribution in [0.1, 0.15) is 31.2 Å². The zero-order chi connectivity index (χ0) is 13.3. The Kier molecular flexibility index (Phi) is 3.46. The summed E-state index contributed by atoms with van der Waals surface area (Å²) in [5, 5.41) is 4.30. The van der Waals surface area contributed by atoms with Crippen molar-refractivity contribution in [3.8, 4) is 5.69 Å². The molecule has 0 atom stereocenters. The van der Waals surface area contributed by atoms with E-state index in [4.69, 9.17) is 5.73 Å². The Balaban J connectivity index is 1.93. The zero-order valence-corrected chi connectivity index (χ0v) is 12.4. The first kappa shape index (κ1) is 12.9. The molecule has 0 radical (unpaired) electrons. The third-order valence-electron chi connectivity index (χ3n) is 4.27. The second-order valence-electron chi connectivity index (χ2n) is 5.30. The Hall–Kier alpha value is -1.13. The lowest BCUT2D eigenvalue weighted by Crippen LogP contribution is -2.31. The van der Waals surface area contributed by atoms with Crippen LogP contribution in [-0.4, -0.2) is 16.3 Å². The zero-order valence-electron chi connectivity index (χ0n) is 10.8. The van der Waals surface area contributed by atoms with Gasteiger partial charge in [-0.25, -0.2) is 4.68 Å². The lowest BCUT2D eigenvalue weighted by molar-refractivity contribution is 0.453. The van der Waals surface area contributed by atoms with Gasteiger partial charge >= 0.3 is 0 Å². The van der Waals surface area contributed by atoms with Crippen LogP contribution in [0.3, 0.4) is 0 Å². The van der Waals surface area contributed by atoms with Crippen molar-refractivity contribution >= 4 is 15.9 Å². The van der Waals surface area contributed by atoms with Gasteiger partial charge in [0.15, 0.2) is 0 Å². The molecular formula is C15H18BrN3. The van der Waals surface area contributed by atoms with E-state index in [2.05, 4.69) is 45.3 Å². The Morgan fingerprint density at radius 2 is 1.84 bits per heavy atom. The molecule has 0 spiro atoms. The number of hydrogen-bond acceptors (Lipinski definition) is 2. The van der Waals surface area contributed by atoms with E-state index in [1.807, 2.05) is 10.7 Å². The number of hydrogen-bond donors (Lipinski definition) is 1. The minimum Gasteiger partial charge on any atom is -0.330 e. The van der Waals surface area contributed by atoms with Crippen molar-refractivity contribution in [1.82, 2.24) is 9.78 Å². The summed E-state index contributed by atoms with van der Waals surface area (Å²) in [6.45, 7) is 0.748. The van der Waals surface area contributed by atoms with Crippen LogP contribution < -0.4 is 5.73 Å². The fourth-order valence-electron chi connectivity index (χ4n) is 3.10. The fourth-order valence-corrected chi connectivity index (χ4v) is 3.51. The first-order valence-corrected chi connectivity index (χ1v) is 7.55. The number of benzene rings is 1. The molecule has 0 amide bonds. The quantitative estimate of drug-likeness (QED) is 0.942. The smallest absolute Gasteiger partial charge is 0.109 e. The molecule has 1 aromatic carbocycles. The maximum atomic E-state index is 6.03. The average Bonchev–Trinajstić information content (AvgIpc) is 3.08. The maximum Gasteiger partial charge on any atom is 0.109 e. The molecule has 19 heavy (non-hydrogen) atoms. The number of rotatable bonds is 3. The summed E-state index contributed by atoms with van der Waals surface area (Å²) >= 11 is 3.49. The van der Waals surface area contributed by atoms with Crippen LogP contribution in [0.25, 0.3) is 5.69 Å². The molecule has 1 aliphatic carbocycles. The predicted octanol–water partition coefficient (Wildman–Crippen LogP) is 3.41. The molecule has 2 N–H and O–H groups in total. The third kappa shape index (κ3) is 2.23. The van der Waals surface area contributed by atoms with Crippen LogP contribution in [-0.2, 0) is 5.41 Å². The summed E-state index contributed by atoms with van der Waals surface area (Å²) in [4.78, 5) is 0. The van der Waals surface area contributed by atoms with Gasteiger partial charge in [0.1, 0.15) is 4.60 Å².